The minimum atomic E-state index is 0.902. The van der Waals surface area contributed by atoms with Gasteiger partial charge in [0.2, 0.25) is 0 Å². The van der Waals surface area contributed by atoms with Gasteiger partial charge in [-0.15, -0.1) is 0 Å². The zero-order chi connectivity index (χ0) is 30.2. The molecule has 2 aromatic heterocycles. The summed E-state index contributed by atoms with van der Waals surface area (Å²) in [4.78, 5) is 0. The lowest BCUT2D eigenvalue weighted by Crippen LogP contribution is -1.90. The van der Waals surface area contributed by atoms with Gasteiger partial charge in [0.15, 0.2) is 0 Å². The van der Waals surface area contributed by atoms with E-state index >= 15 is 0 Å². The van der Waals surface area contributed by atoms with Crippen LogP contribution < -0.4 is 0 Å². The molecular weight excluding hydrogens is 560 g/mol. The van der Waals surface area contributed by atoms with Crippen LogP contribution in [0.15, 0.2) is 167 Å². The predicted octanol–water partition coefficient (Wildman–Crippen LogP) is 12.8. The zero-order valence-electron chi connectivity index (χ0n) is 24.8. The molecule has 0 atom stereocenters. The highest BCUT2D eigenvalue weighted by Gasteiger charge is 2.17. The van der Waals surface area contributed by atoms with E-state index in [0.717, 1.165) is 55.0 Å². The maximum Gasteiger partial charge on any atom is 0.136 e. The van der Waals surface area contributed by atoms with Gasteiger partial charge in [0.25, 0.3) is 0 Å². The van der Waals surface area contributed by atoms with Gasteiger partial charge in [-0.1, -0.05) is 115 Å². The first-order valence-electron chi connectivity index (χ1n) is 15.7. The van der Waals surface area contributed by atoms with Crippen molar-refractivity contribution in [2.24, 2.45) is 0 Å². The van der Waals surface area contributed by atoms with Gasteiger partial charge in [-0.25, -0.2) is 0 Å². The Morgan fingerprint density at radius 3 is 1.26 bits per heavy atom. The molecule has 0 radical (unpaired) electrons. The molecule has 10 rings (SSSR count). The first kappa shape index (κ1) is 25.2. The number of hydrogen-bond acceptors (Lipinski definition) is 2. The molecule has 0 amide bonds. The maximum atomic E-state index is 6.31. The normalized spacial score (nSPS) is 11.9. The van der Waals surface area contributed by atoms with Crippen LogP contribution in [0.1, 0.15) is 0 Å². The van der Waals surface area contributed by atoms with Gasteiger partial charge < -0.3 is 8.83 Å². The zero-order valence-corrected chi connectivity index (χ0v) is 24.8. The summed E-state index contributed by atoms with van der Waals surface area (Å²) in [5, 5.41) is 9.44. The largest absolute Gasteiger partial charge is 0.456 e. The van der Waals surface area contributed by atoms with E-state index in [2.05, 4.69) is 133 Å². The topological polar surface area (TPSA) is 26.3 Å². The van der Waals surface area contributed by atoms with Gasteiger partial charge in [-0.3, -0.25) is 0 Å². The van der Waals surface area contributed by atoms with Crippen molar-refractivity contribution >= 4 is 65.4 Å². The molecule has 2 heteroatoms. The van der Waals surface area contributed by atoms with E-state index in [9.17, 15) is 0 Å². The Morgan fingerprint density at radius 2 is 0.717 bits per heavy atom. The third-order valence-electron chi connectivity index (χ3n) is 9.48. The fourth-order valence-corrected chi connectivity index (χ4v) is 7.37. The lowest BCUT2D eigenvalue weighted by atomic mass is 9.86. The number of rotatable bonds is 3. The number of hydrogen-bond donors (Lipinski definition) is 0. The van der Waals surface area contributed by atoms with Crippen LogP contribution in [0.4, 0.5) is 0 Å². The summed E-state index contributed by atoms with van der Waals surface area (Å²) >= 11 is 0. The minimum absolute atomic E-state index is 0.902. The lowest BCUT2D eigenvalue weighted by Gasteiger charge is -2.17. The van der Waals surface area contributed by atoms with Crippen LogP contribution in [0.3, 0.4) is 0 Å². The Hall–Kier alpha value is -6.12. The molecule has 0 bridgehead atoms. The van der Waals surface area contributed by atoms with E-state index in [4.69, 9.17) is 8.83 Å². The molecule has 0 fully saturated rings. The van der Waals surface area contributed by atoms with Crippen LogP contribution in [0.2, 0.25) is 0 Å². The molecular formula is C44H26O2. The molecule has 2 nitrogen and oxygen atoms in total. The summed E-state index contributed by atoms with van der Waals surface area (Å²) in [5.74, 6) is 0. The van der Waals surface area contributed by atoms with E-state index in [1.165, 1.54) is 43.8 Å². The standard InChI is InChI=1S/C44H26O2/c1-2-10-27(11-3-1)44-36-16-8-14-30(28-20-22-34-32-12-4-6-18-40(32)45-42(34)24-28)38(36)26-39-31(15-9-17-37(39)44)29-21-23-35-33-13-5-7-19-41(33)46-43(35)25-29/h1-26H. The van der Waals surface area contributed by atoms with E-state index in [1.807, 2.05) is 24.3 Å². The first-order valence-corrected chi connectivity index (χ1v) is 15.7. The average molecular weight is 587 g/mol. The highest BCUT2D eigenvalue weighted by molar-refractivity contribution is 6.19. The Labute approximate surface area is 264 Å². The van der Waals surface area contributed by atoms with Gasteiger partial charge >= 0.3 is 0 Å². The quantitative estimate of drug-likeness (QED) is 0.193. The molecule has 0 aliphatic carbocycles. The lowest BCUT2D eigenvalue weighted by molar-refractivity contribution is 0.668. The van der Waals surface area contributed by atoms with Crippen molar-refractivity contribution in [2.75, 3.05) is 0 Å². The van der Waals surface area contributed by atoms with Crippen molar-refractivity contribution in [1.82, 2.24) is 0 Å². The number of furan rings is 2. The summed E-state index contributed by atoms with van der Waals surface area (Å²) in [6.45, 7) is 0. The second-order valence-electron chi connectivity index (χ2n) is 12.0. The molecule has 8 aromatic carbocycles. The van der Waals surface area contributed by atoms with Gasteiger partial charge in [-0.2, -0.15) is 0 Å². The third kappa shape index (κ3) is 3.71. The van der Waals surface area contributed by atoms with E-state index in [1.54, 1.807) is 0 Å². The summed E-state index contributed by atoms with van der Waals surface area (Å²) in [6, 6.07) is 56.2. The van der Waals surface area contributed by atoms with Crippen LogP contribution >= 0.6 is 0 Å². The molecule has 0 N–H and O–H groups in total. The second kappa shape index (κ2) is 9.69. The Balaban J connectivity index is 1.27. The summed E-state index contributed by atoms with van der Waals surface area (Å²) in [7, 11) is 0. The number of fused-ring (bicyclic) bond motifs is 8. The van der Waals surface area contributed by atoms with Crippen molar-refractivity contribution in [3.8, 4) is 33.4 Å². The van der Waals surface area contributed by atoms with Crippen LogP contribution in [0.5, 0.6) is 0 Å². The molecule has 46 heavy (non-hydrogen) atoms. The molecule has 0 saturated heterocycles. The first-order chi connectivity index (χ1) is 22.8. The van der Waals surface area contributed by atoms with Crippen molar-refractivity contribution in [3.05, 3.63) is 158 Å². The van der Waals surface area contributed by atoms with E-state index in [-0.39, 0.29) is 0 Å². The molecule has 2 heterocycles. The Kier molecular flexibility index (Phi) is 5.31. The minimum Gasteiger partial charge on any atom is -0.456 e. The Morgan fingerprint density at radius 1 is 0.261 bits per heavy atom. The van der Waals surface area contributed by atoms with Crippen LogP contribution in [0.25, 0.3) is 98.8 Å². The molecule has 10 aromatic rings. The molecule has 0 unspecified atom stereocenters. The summed E-state index contributed by atoms with van der Waals surface area (Å²) in [5.41, 5.74) is 10.7. The fourth-order valence-electron chi connectivity index (χ4n) is 7.37. The average Bonchev–Trinajstić information content (AvgIpc) is 3.68. The van der Waals surface area contributed by atoms with Crippen LogP contribution in [-0.4, -0.2) is 0 Å². The molecule has 0 aliphatic heterocycles. The highest BCUT2D eigenvalue weighted by atomic mass is 16.3. The fraction of sp³-hybridized carbons (Fsp3) is 0. The van der Waals surface area contributed by atoms with Crippen molar-refractivity contribution < 1.29 is 8.83 Å². The van der Waals surface area contributed by atoms with Crippen LogP contribution in [-0.2, 0) is 0 Å². The number of para-hydroxylation sites is 2. The van der Waals surface area contributed by atoms with Gasteiger partial charge in [0, 0.05) is 21.5 Å². The number of benzene rings is 8. The van der Waals surface area contributed by atoms with Gasteiger partial charge in [0.05, 0.1) is 0 Å². The monoisotopic (exact) mass is 586 g/mol. The third-order valence-corrected chi connectivity index (χ3v) is 9.48. The second-order valence-corrected chi connectivity index (χ2v) is 12.0. The van der Waals surface area contributed by atoms with Crippen molar-refractivity contribution in [3.63, 3.8) is 0 Å². The van der Waals surface area contributed by atoms with Crippen molar-refractivity contribution in [1.29, 1.82) is 0 Å². The molecule has 0 aliphatic rings. The maximum absolute atomic E-state index is 6.31. The van der Waals surface area contributed by atoms with Crippen LogP contribution in [0, 0.1) is 0 Å². The highest BCUT2D eigenvalue weighted by Crippen LogP contribution is 2.44. The summed E-state index contributed by atoms with van der Waals surface area (Å²) < 4.78 is 12.6. The SMILES string of the molecule is c1ccc(-c2c3cccc(-c4ccc5c(c4)oc4ccccc45)c3cc3c(-c4ccc5c(c4)oc4ccccc45)cccc23)cc1. The molecule has 214 valence electrons. The van der Waals surface area contributed by atoms with E-state index < -0.39 is 0 Å². The molecule has 0 saturated carbocycles. The molecule has 0 spiro atoms. The Bertz CT molecular complexity index is 2630. The summed E-state index contributed by atoms with van der Waals surface area (Å²) in [6.07, 6.45) is 0. The van der Waals surface area contributed by atoms with Crippen molar-refractivity contribution in [2.45, 2.75) is 0 Å². The smallest absolute Gasteiger partial charge is 0.136 e. The van der Waals surface area contributed by atoms with Gasteiger partial charge in [0.1, 0.15) is 22.3 Å². The van der Waals surface area contributed by atoms with E-state index in [0.29, 0.717) is 0 Å². The predicted molar refractivity (Wildman–Crippen MR) is 192 cm³/mol. The van der Waals surface area contributed by atoms with Gasteiger partial charge in [-0.05, 0) is 97.4 Å².